The minimum Gasteiger partial charge on any atom is -0.300 e. The fourth-order valence-corrected chi connectivity index (χ4v) is 3.48. The fraction of sp³-hybridized carbons (Fsp3) is 0.583. The summed E-state index contributed by atoms with van der Waals surface area (Å²) >= 11 is 7.77. The first-order valence-corrected chi connectivity index (χ1v) is 6.56. The van der Waals surface area contributed by atoms with Crippen LogP contribution in [0.15, 0.2) is 10.8 Å². The third kappa shape index (κ3) is 2.11. The van der Waals surface area contributed by atoms with E-state index in [1.807, 2.05) is 5.38 Å². The highest BCUT2D eigenvalue weighted by Gasteiger charge is 2.37. The Labute approximate surface area is 99.5 Å². The molecule has 2 rings (SSSR count). The Morgan fingerprint density at radius 1 is 1.47 bits per heavy atom. The van der Waals surface area contributed by atoms with Gasteiger partial charge in [-0.3, -0.25) is 4.79 Å². The second kappa shape index (κ2) is 3.91. The molecule has 1 aliphatic rings. The van der Waals surface area contributed by atoms with Crippen molar-refractivity contribution in [1.29, 1.82) is 0 Å². The number of carbonyl (C=O) groups is 1. The number of hydrogen-bond acceptors (Lipinski definition) is 2. The van der Waals surface area contributed by atoms with Gasteiger partial charge in [-0.25, -0.2) is 0 Å². The highest BCUT2D eigenvalue weighted by atomic mass is 35.5. The molecule has 1 heterocycles. The van der Waals surface area contributed by atoms with Gasteiger partial charge in [0.05, 0.1) is 5.02 Å². The average molecular weight is 243 g/mol. The van der Waals surface area contributed by atoms with Gasteiger partial charge in [0.1, 0.15) is 5.78 Å². The van der Waals surface area contributed by atoms with Crippen LogP contribution >= 0.6 is 22.9 Å². The van der Waals surface area contributed by atoms with Gasteiger partial charge in [0.25, 0.3) is 0 Å². The van der Waals surface area contributed by atoms with Crippen molar-refractivity contribution in [2.45, 2.75) is 39.0 Å². The topological polar surface area (TPSA) is 17.1 Å². The van der Waals surface area contributed by atoms with E-state index >= 15 is 0 Å². The zero-order chi connectivity index (χ0) is 11.1. The molecule has 1 atom stereocenters. The Balaban J connectivity index is 2.33. The van der Waals surface area contributed by atoms with E-state index in [1.54, 1.807) is 11.3 Å². The van der Waals surface area contributed by atoms with Crippen molar-refractivity contribution in [2.75, 3.05) is 0 Å². The van der Waals surface area contributed by atoms with Crippen LogP contribution in [0.3, 0.4) is 0 Å². The molecule has 3 heteroatoms. The van der Waals surface area contributed by atoms with Crippen molar-refractivity contribution in [2.24, 2.45) is 5.41 Å². The molecule has 0 spiro atoms. The largest absolute Gasteiger partial charge is 0.300 e. The minimum absolute atomic E-state index is 0.193. The summed E-state index contributed by atoms with van der Waals surface area (Å²) in [4.78, 5) is 11.5. The number of thiophene rings is 1. The van der Waals surface area contributed by atoms with Crippen molar-refractivity contribution >= 4 is 28.7 Å². The van der Waals surface area contributed by atoms with Crippen LogP contribution < -0.4 is 0 Å². The van der Waals surface area contributed by atoms with Crippen LogP contribution in [0.25, 0.3) is 0 Å². The molecule has 1 aromatic rings. The smallest absolute Gasteiger partial charge is 0.133 e. The summed E-state index contributed by atoms with van der Waals surface area (Å²) in [5, 5.41) is 4.87. The van der Waals surface area contributed by atoms with Crippen molar-refractivity contribution < 1.29 is 4.79 Å². The Bertz CT molecular complexity index is 381. The molecule has 1 saturated carbocycles. The first kappa shape index (κ1) is 11.2. The van der Waals surface area contributed by atoms with Crippen molar-refractivity contribution in [1.82, 2.24) is 0 Å². The maximum absolute atomic E-state index is 11.5. The Hall–Kier alpha value is -0.340. The van der Waals surface area contributed by atoms with E-state index in [1.165, 1.54) is 5.56 Å². The summed E-state index contributed by atoms with van der Waals surface area (Å²) in [6.07, 6.45) is 2.36. The average Bonchev–Trinajstić information content (AvgIpc) is 2.56. The van der Waals surface area contributed by atoms with Gasteiger partial charge in [0, 0.05) is 18.2 Å². The molecular formula is C12H15ClOS. The first-order chi connectivity index (χ1) is 7.00. The van der Waals surface area contributed by atoms with E-state index in [2.05, 4.69) is 19.2 Å². The van der Waals surface area contributed by atoms with Gasteiger partial charge in [0.2, 0.25) is 0 Å². The molecule has 82 valence electrons. The summed E-state index contributed by atoms with van der Waals surface area (Å²) < 4.78 is 0. The highest BCUT2D eigenvalue weighted by Crippen LogP contribution is 2.48. The summed E-state index contributed by atoms with van der Waals surface area (Å²) in [7, 11) is 0. The first-order valence-electron chi connectivity index (χ1n) is 5.24. The summed E-state index contributed by atoms with van der Waals surface area (Å²) in [6, 6.07) is 0. The quantitative estimate of drug-likeness (QED) is 0.719. The molecule has 1 fully saturated rings. The zero-order valence-corrected chi connectivity index (χ0v) is 10.6. The lowest BCUT2D eigenvalue weighted by molar-refractivity contribution is -0.122. The molecule has 1 aromatic heterocycles. The summed E-state index contributed by atoms with van der Waals surface area (Å²) in [6.45, 7) is 4.47. The number of hydrogen-bond donors (Lipinski definition) is 0. The highest BCUT2D eigenvalue weighted by molar-refractivity contribution is 7.08. The Morgan fingerprint density at radius 2 is 2.20 bits per heavy atom. The van der Waals surface area contributed by atoms with Gasteiger partial charge >= 0.3 is 0 Å². The molecule has 0 aromatic carbocycles. The van der Waals surface area contributed by atoms with E-state index in [0.717, 1.165) is 17.9 Å². The maximum atomic E-state index is 11.5. The van der Waals surface area contributed by atoms with Gasteiger partial charge in [0.15, 0.2) is 0 Å². The zero-order valence-electron chi connectivity index (χ0n) is 9.05. The third-order valence-corrected chi connectivity index (χ3v) is 4.66. The fourth-order valence-electron chi connectivity index (χ4n) is 2.31. The second-order valence-corrected chi connectivity index (χ2v) is 6.11. The molecule has 0 bridgehead atoms. The molecule has 0 amide bonds. The van der Waals surface area contributed by atoms with Gasteiger partial charge in [-0.1, -0.05) is 25.4 Å². The van der Waals surface area contributed by atoms with Crippen LogP contribution in [-0.2, 0) is 4.79 Å². The van der Waals surface area contributed by atoms with Gasteiger partial charge < -0.3 is 0 Å². The Morgan fingerprint density at radius 3 is 2.80 bits per heavy atom. The van der Waals surface area contributed by atoms with Gasteiger partial charge in [-0.05, 0) is 28.7 Å². The minimum atomic E-state index is 0.193. The predicted molar refractivity (Wildman–Crippen MR) is 64.7 cm³/mol. The molecule has 0 radical (unpaired) electrons. The van der Waals surface area contributed by atoms with E-state index in [-0.39, 0.29) is 5.41 Å². The summed E-state index contributed by atoms with van der Waals surface area (Å²) in [5.74, 6) is 0.680. The van der Waals surface area contributed by atoms with E-state index < -0.39 is 0 Å². The molecule has 0 N–H and O–H groups in total. The maximum Gasteiger partial charge on any atom is 0.133 e. The lowest BCUT2D eigenvalue weighted by Crippen LogP contribution is -2.30. The molecule has 15 heavy (non-hydrogen) atoms. The predicted octanol–water partition coefficient (Wildman–Crippen LogP) is 4.26. The number of Topliss-reactive ketones (excluding diaryl/α,β-unsaturated/α-hetero) is 1. The molecule has 1 unspecified atom stereocenters. The van der Waals surface area contributed by atoms with E-state index in [9.17, 15) is 4.79 Å². The number of halogens is 1. The summed E-state index contributed by atoms with van der Waals surface area (Å²) in [5.41, 5.74) is 1.36. The number of rotatable bonds is 1. The number of carbonyl (C=O) groups excluding carboxylic acids is 1. The molecule has 1 nitrogen and oxygen atoms in total. The van der Waals surface area contributed by atoms with Gasteiger partial charge in [-0.2, -0.15) is 11.3 Å². The van der Waals surface area contributed by atoms with E-state index in [0.29, 0.717) is 18.1 Å². The third-order valence-electron chi connectivity index (χ3n) is 3.44. The SMILES string of the molecule is CC1(C)CCC(=O)CC1c1cscc1Cl. The van der Waals surface area contributed by atoms with Crippen LogP contribution in [0.5, 0.6) is 0 Å². The van der Waals surface area contributed by atoms with Crippen LogP contribution in [0, 0.1) is 5.41 Å². The van der Waals surface area contributed by atoms with Crippen molar-refractivity contribution in [3.05, 3.63) is 21.3 Å². The van der Waals surface area contributed by atoms with E-state index in [4.69, 9.17) is 11.6 Å². The van der Waals surface area contributed by atoms with Crippen LogP contribution in [0.4, 0.5) is 0 Å². The van der Waals surface area contributed by atoms with Gasteiger partial charge in [-0.15, -0.1) is 0 Å². The molecular weight excluding hydrogens is 228 g/mol. The normalized spacial score (nSPS) is 25.5. The lowest BCUT2D eigenvalue weighted by atomic mass is 9.66. The molecule has 0 aliphatic heterocycles. The van der Waals surface area contributed by atoms with Crippen LogP contribution in [-0.4, -0.2) is 5.78 Å². The standard InChI is InChI=1S/C12H15ClOS/c1-12(2)4-3-8(14)5-10(12)9-6-15-7-11(9)13/h6-7,10H,3-5H2,1-2H3. The lowest BCUT2D eigenvalue weighted by Gasteiger charge is -2.38. The molecule has 1 aliphatic carbocycles. The number of ketones is 1. The monoisotopic (exact) mass is 242 g/mol. The Kier molecular flexibility index (Phi) is 2.91. The second-order valence-electron chi connectivity index (χ2n) is 4.96. The van der Waals surface area contributed by atoms with Crippen LogP contribution in [0.2, 0.25) is 5.02 Å². The van der Waals surface area contributed by atoms with Crippen molar-refractivity contribution in [3.63, 3.8) is 0 Å². The molecule has 0 saturated heterocycles. The van der Waals surface area contributed by atoms with Crippen molar-refractivity contribution in [3.8, 4) is 0 Å². The van der Waals surface area contributed by atoms with Crippen LogP contribution in [0.1, 0.15) is 44.6 Å².